The van der Waals surface area contributed by atoms with Crippen LogP contribution in [0.2, 0.25) is 57.4 Å². The number of carboxylic acids is 3. The molecule has 0 amide bonds. The summed E-state index contributed by atoms with van der Waals surface area (Å²) in [4.78, 5) is 71.7. The molecule has 12 nitrogen and oxygen atoms in total. The highest BCUT2D eigenvalue weighted by atomic mass is 32.2. The fourth-order valence-corrected chi connectivity index (χ4v) is 19.7. The molecule has 3 aromatic heterocycles. The van der Waals surface area contributed by atoms with E-state index in [1.54, 1.807) is 0 Å². The molecule has 528 valence electrons. The number of hydrogen-bond donors (Lipinski definition) is 3. The van der Waals surface area contributed by atoms with Crippen LogP contribution in [0.4, 0.5) is 0 Å². The zero-order chi connectivity index (χ0) is 73.2. The summed E-state index contributed by atoms with van der Waals surface area (Å²) in [6, 6.07) is 103. The summed E-state index contributed by atoms with van der Waals surface area (Å²) in [5.74, 6) is -4.25. The second-order valence-electron chi connectivity index (χ2n) is 25.5. The van der Waals surface area contributed by atoms with Crippen molar-refractivity contribution in [2.24, 2.45) is 0 Å². The molecular formula is C84H90O12S3Si3. The number of carboxylic acid groups (broad SMARTS) is 3. The van der Waals surface area contributed by atoms with Crippen LogP contribution in [0.15, 0.2) is 367 Å². The first kappa shape index (κ1) is 80.1. The van der Waals surface area contributed by atoms with Gasteiger partial charge in [-0.2, -0.15) is 0 Å². The lowest BCUT2D eigenvalue weighted by Gasteiger charge is -2.13. The first-order chi connectivity index (χ1) is 49.0. The minimum absolute atomic E-state index is 0.0758. The molecule has 12 aromatic rings. The van der Waals surface area contributed by atoms with E-state index in [1.807, 2.05) is 39.3 Å². The molecule has 0 saturated carbocycles. The second-order valence-corrected chi connectivity index (χ2v) is 44.0. The molecule has 0 saturated heterocycles. The molecule has 0 aliphatic heterocycles. The van der Waals surface area contributed by atoms with Gasteiger partial charge < -0.3 is 57.3 Å². The van der Waals surface area contributed by atoms with Gasteiger partial charge in [-0.1, -0.05) is 146 Å². The van der Waals surface area contributed by atoms with Crippen molar-refractivity contribution in [2.75, 3.05) is 0 Å². The number of carbonyl (C=O) groups is 3. The Morgan fingerprint density at radius 2 is 0.451 bits per heavy atom. The Bertz CT molecular complexity index is 3690. The van der Waals surface area contributed by atoms with E-state index in [2.05, 4.69) is 268 Å². The van der Waals surface area contributed by atoms with Crippen LogP contribution >= 0.6 is 0 Å². The van der Waals surface area contributed by atoms with Gasteiger partial charge in [-0.05, 0) is 258 Å². The van der Waals surface area contributed by atoms with Crippen LogP contribution in [0.3, 0.4) is 0 Å². The molecule has 12 rings (SSSR count). The van der Waals surface area contributed by atoms with Gasteiger partial charge in [-0.25, -0.2) is 0 Å². The zero-order valence-electron chi connectivity index (χ0n) is 58.5. The molecule has 0 unspecified atom stereocenters. The molecule has 0 atom stereocenters. The first-order valence-electron chi connectivity index (χ1n) is 33.7. The molecule has 3 heterocycles. The Morgan fingerprint density at radius 3 is 0.588 bits per heavy atom. The van der Waals surface area contributed by atoms with E-state index in [-0.39, 0.29) is 50.0 Å². The van der Waals surface area contributed by atoms with Crippen molar-refractivity contribution >= 4 is 75.5 Å². The normalized spacial score (nSPS) is 11.1. The van der Waals surface area contributed by atoms with Crippen molar-refractivity contribution in [1.82, 2.24) is 0 Å². The fraction of sp³-hybridized carbons (Fsp3) is 0.179. The summed E-state index contributed by atoms with van der Waals surface area (Å²) in [6.07, 6.45) is 10.2. The number of carbonyl (C=O) groups excluding carboxylic acids is 3. The van der Waals surface area contributed by atoms with E-state index in [0.29, 0.717) is 0 Å². The van der Waals surface area contributed by atoms with E-state index in [1.165, 1.54) is 116 Å². The molecular weight excluding hydrogens is 1380 g/mol. The van der Waals surface area contributed by atoms with Gasteiger partial charge in [0.05, 0.1) is 51.5 Å². The quantitative estimate of drug-likeness (QED) is 0.0380. The summed E-state index contributed by atoms with van der Waals surface area (Å²) >= 11 is 0. The van der Waals surface area contributed by atoms with Gasteiger partial charge in [0.15, 0.2) is 69.0 Å². The van der Waals surface area contributed by atoms with Gasteiger partial charge >= 0.3 is 0 Å². The third-order valence-corrected chi connectivity index (χ3v) is 26.7. The SMILES string of the molecule is C[Si](C)(O)CCCc1ccc([S+](c2ccccc2)c2ccccc2)cc1.C[Si](C)(O)CCCc1ccc([S+](c2ccccc2)c2ccccc2)cc1.C[Si](C)(O)CCCc1ccc([S+](c2ccccc2)c2ccccc2)cc1.O=C([O-])c1ccco1.O=C([O-])c1ccco1.O=C([O-])c1ccco1. The number of aromatic carboxylic acids is 3. The highest BCUT2D eigenvalue weighted by Gasteiger charge is 2.31. The topological polar surface area (TPSA) is 220 Å². The minimum atomic E-state index is -1.93. The summed E-state index contributed by atoms with van der Waals surface area (Å²) < 4.78 is 13.3. The Morgan fingerprint density at radius 1 is 0.275 bits per heavy atom. The van der Waals surface area contributed by atoms with Gasteiger partial charge in [0.2, 0.25) is 0 Å². The summed E-state index contributed by atoms with van der Waals surface area (Å²) in [7, 11) is -6.01. The van der Waals surface area contributed by atoms with Crippen molar-refractivity contribution in [3.8, 4) is 0 Å². The maximum absolute atomic E-state index is 10.0. The smallest absolute Gasteiger partial charge is 0.182 e. The third kappa shape index (κ3) is 29.0. The van der Waals surface area contributed by atoms with Crippen molar-refractivity contribution in [3.63, 3.8) is 0 Å². The molecule has 0 fully saturated rings. The van der Waals surface area contributed by atoms with E-state index in [4.69, 9.17) is 0 Å². The Kier molecular flexibility index (Phi) is 32.7. The van der Waals surface area contributed by atoms with Crippen LogP contribution in [0.5, 0.6) is 0 Å². The van der Waals surface area contributed by atoms with Gasteiger partial charge in [-0.3, -0.25) is 0 Å². The monoisotopic (exact) mass is 1470 g/mol. The second kappa shape index (κ2) is 41.7. The zero-order valence-corrected chi connectivity index (χ0v) is 64.0. The summed E-state index contributed by atoms with van der Waals surface area (Å²) in [6.45, 7) is 12.1. The van der Waals surface area contributed by atoms with Crippen molar-refractivity contribution < 1.29 is 57.3 Å². The lowest BCUT2D eigenvalue weighted by Crippen LogP contribution is -2.24. The lowest BCUT2D eigenvalue weighted by molar-refractivity contribution is -0.258. The van der Waals surface area contributed by atoms with Crippen molar-refractivity contribution in [1.29, 1.82) is 0 Å². The summed E-state index contributed by atoms with van der Waals surface area (Å²) in [5.41, 5.74) is 4.07. The van der Waals surface area contributed by atoms with Crippen LogP contribution in [-0.2, 0) is 51.9 Å². The molecule has 102 heavy (non-hydrogen) atoms. The van der Waals surface area contributed by atoms with Crippen LogP contribution in [0.25, 0.3) is 0 Å². The average molecular weight is 1470 g/mol. The Labute approximate surface area is 612 Å². The van der Waals surface area contributed by atoms with Gasteiger partial charge in [-0.15, -0.1) is 0 Å². The number of hydrogen-bond acceptors (Lipinski definition) is 12. The van der Waals surface area contributed by atoms with Crippen LogP contribution in [0, 0.1) is 0 Å². The minimum Gasteiger partial charge on any atom is -0.542 e. The number of aryl methyl sites for hydroxylation is 3. The van der Waals surface area contributed by atoms with Crippen LogP contribution < -0.4 is 15.3 Å². The van der Waals surface area contributed by atoms with Crippen LogP contribution in [0.1, 0.15) is 67.6 Å². The van der Waals surface area contributed by atoms with E-state index >= 15 is 0 Å². The van der Waals surface area contributed by atoms with Crippen molar-refractivity contribution in [2.45, 2.75) is 140 Å². The maximum atomic E-state index is 10.0. The number of rotatable bonds is 24. The molecule has 18 heteroatoms. The Balaban J connectivity index is 0.000000184. The average Bonchev–Trinajstić information content (AvgIpc) is 0.918. The van der Waals surface area contributed by atoms with Crippen molar-refractivity contribution in [3.05, 3.63) is 344 Å². The van der Waals surface area contributed by atoms with E-state index < -0.39 is 42.9 Å². The Hall–Kier alpha value is -9.19. The highest BCUT2D eigenvalue weighted by molar-refractivity contribution is 7.97. The van der Waals surface area contributed by atoms with E-state index in [9.17, 15) is 44.1 Å². The summed E-state index contributed by atoms with van der Waals surface area (Å²) in [5, 5.41) is 29.6. The largest absolute Gasteiger partial charge is 0.542 e. The predicted octanol–water partition coefficient (Wildman–Crippen LogP) is 16.7. The van der Waals surface area contributed by atoms with Gasteiger partial charge in [0.1, 0.15) is 35.2 Å². The molecule has 0 bridgehead atoms. The molecule has 0 aliphatic carbocycles. The maximum Gasteiger partial charge on any atom is 0.182 e. The highest BCUT2D eigenvalue weighted by Crippen LogP contribution is 2.34. The van der Waals surface area contributed by atoms with Gasteiger partial charge in [0, 0.05) is 0 Å². The molecule has 0 aliphatic rings. The number of benzene rings is 9. The third-order valence-electron chi connectivity index (χ3n) is 15.3. The predicted molar refractivity (Wildman–Crippen MR) is 412 cm³/mol. The standard InChI is InChI=1S/3C23H27OSSi.3C5H4O3/c3*1-26(2,24)19-9-10-20-15-17-23(18-16-20)25(21-11-5-3-6-12-21)22-13-7-4-8-14-22;3*6-5(7)4-2-1-3-8-4/h3*3-8,11-18,24H,9-10,19H2,1-2H3;3*1-3H,(H,6,7)/q3*+1;;;/p-3. The van der Waals surface area contributed by atoms with E-state index in [0.717, 1.165) is 56.7 Å². The lowest BCUT2D eigenvalue weighted by atomic mass is 10.1. The number of furan rings is 3. The molecule has 3 N–H and O–H groups in total. The molecule has 0 spiro atoms. The first-order valence-corrected chi connectivity index (χ1v) is 46.9. The molecule has 0 radical (unpaired) electrons. The van der Waals surface area contributed by atoms with Gasteiger partial charge in [0.25, 0.3) is 0 Å². The van der Waals surface area contributed by atoms with Crippen LogP contribution in [-0.4, -0.2) is 57.2 Å². The molecule has 9 aromatic carbocycles. The fourth-order valence-electron chi connectivity index (χ4n) is 10.3.